The first kappa shape index (κ1) is 15.6. The average molecular weight is 324 g/mol. The van der Waals surface area contributed by atoms with E-state index >= 15 is 0 Å². The third-order valence-corrected chi connectivity index (χ3v) is 3.62. The highest BCUT2D eigenvalue weighted by molar-refractivity contribution is 6.03. The maximum Gasteiger partial charge on any atom is 0.331 e. The maximum atomic E-state index is 12.1. The Morgan fingerprint density at radius 1 is 1.25 bits per heavy atom. The summed E-state index contributed by atoms with van der Waals surface area (Å²) in [5.41, 5.74) is 2.53. The first-order valence-corrected chi connectivity index (χ1v) is 7.27. The van der Waals surface area contributed by atoms with E-state index in [0.717, 1.165) is 11.1 Å². The lowest BCUT2D eigenvalue weighted by Crippen LogP contribution is -2.15. The van der Waals surface area contributed by atoms with Crippen molar-refractivity contribution < 1.29 is 9.32 Å². The van der Waals surface area contributed by atoms with E-state index in [-0.39, 0.29) is 17.9 Å². The molecule has 122 valence electrons. The highest BCUT2D eigenvalue weighted by Crippen LogP contribution is 2.25. The van der Waals surface area contributed by atoms with Crippen LogP contribution in [-0.4, -0.2) is 33.1 Å². The van der Waals surface area contributed by atoms with E-state index in [9.17, 15) is 4.79 Å². The number of anilines is 3. The number of hydrogen-bond acceptors (Lipinski definition) is 7. The van der Waals surface area contributed by atoms with Crippen molar-refractivity contribution in [1.82, 2.24) is 20.1 Å². The van der Waals surface area contributed by atoms with Gasteiger partial charge < -0.3 is 4.52 Å². The van der Waals surface area contributed by atoms with Gasteiger partial charge in [0.25, 0.3) is 11.9 Å². The van der Waals surface area contributed by atoms with Crippen molar-refractivity contribution in [3.63, 3.8) is 0 Å². The van der Waals surface area contributed by atoms with Crippen LogP contribution in [0, 0.1) is 13.8 Å². The molecule has 3 aromatic rings. The largest absolute Gasteiger partial charge is 0.331 e. The van der Waals surface area contributed by atoms with Crippen LogP contribution < -0.4 is 10.2 Å². The minimum absolute atomic E-state index is 0.0796. The van der Waals surface area contributed by atoms with Gasteiger partial charge in [-0.2, -0.15) is 4.98 Å². The molecule has 0 spiro atoms. The Balaban J connectivity index is 1.78. The molecule has 0 aliphatic carbocycles. The molecule has 0 radical (unpaired) electrons. The van der Waals surface area contributed by atoms with Crippen molar-refractivity contribution in [2.24, 2.45) is 0 Å². The summed E-state index contributed by atoms with van der Waals surface area (Å²) >= 11 is 0. The Morgan fingerprint density at radius 2 is 2.08 bits per heavy atom. The molecule has 8 nitrogen and oxygen atoms in total. The van der Waals surface area contributed by atoms with E-state index < -0.39 is 0 Å². The molecular formula is C16H16N6O2. The fraction of sp³-hybridized carbons (Fsp3) is 0.188. The van der Waals surface area contributed by atoms with E-state index in [1.165, 1.54) is 6.20 Å². The Hall–Kier alpha value is -3.29. The van der Waals surface area contributed by atoms with E-state index in [4.69, 9.17) is 4.52 Å². The van der Waals surface area contributed by atoms with Gasteiger partial charge in [-0.15, -0.1) is 0 Å². The Bertz CT molecular complexity index is 862. The van der Waals surface area contributed by atoms with Crippen LogP contribution in [0.4, 0.5) is 17.8 Å². The minimum Gasteiger partial charge on any atom is -0.313 e. The SMILES string of the molecule is Cc1ccnc(N(C)c2nc(NC(=O)c3cccnc3)no2)c1C. The van der Waals surface area contributed by atoms with Crippen molar-refractivity contribution in [3.8, 4) is 0 Å². The van der Waals surface area contributed by atoms with Crippen molar-refractivity contribution in [2.45, 2.75) is 13.8 Å². The van der Waals surface area contributed by atoms with E-state index in [1.54, 1.807) is 36.5 Å². The molecule has 0 fully saturated rings. The zero-order valence-corrected chi connectivity index (χ0v) is 13.5. The minimum atomic E-state index is -0.358. The van der Waals surface area contributed by atoms with Crippen molar-refractivity contribution in [1.29, 1.82) is 0 Å². The number of amides is 1. The number of carbonyl (C=O) groups excluding carboxylic acids is 1. The summed E-state index contributed by atoms with van der Waals surface area (Å²) < 4.78 is 5.21. The normalized spacial score (nSPS) is 10.5. The van der Waals surface area contributed by atoms with Gasteiger partial charge in [-0.25, -0.2) is 4.98 Å². The second-order valence-electron chi connectivity index (χ2n) is 5.23. The summed E-state index contributed by atoms with van der Waals surface area (Å²) in [5, 5.41) is 6.34. The standard InChI is InChI=1S/C16H16N6O2/c1-10-6-8-18-13(11(10)2)22(3)16-20-15(21-24-16)19-14(23)12-5-4-7-17-9-12/h4-9H,1-3H3,(H,19,21,23). The molecule has 0 unspecified atom stereocenters. The molecular weight excluding hydrogens is 308 g/mol. The highest BCUT2D eigenvalue weighted by Gasteiger charge is 2.17. The fourth-order valence-electron chi connectivity index (χ4n) is 2.12. The lowest BCUT2D eigenvalue weighted by Gasteiger charge is -2.15. The molecule has 1 amide bonds. The predicted molar refractivity (Wildman–Crippen MR) is 88.3 cm³/mol. The summed E-state index contributed by atoms with van der Waals surface area (Å²) in [6, 6.07) is 5.49. The van der Waals surface area contributed by atoms with Gasteiger partial charge in [0.05, 0.1) is 5.56 Å². The van der Waals surface area contributed by atoms with Gasteiger partial charge in [-0.1, -0.05) is 0 Å². The molecule has 0 bridgehead atoms. The van der Waals surface area contributed by atoms with Gasteiger partial charge in [-0.3, -0.25) is 20.0 Å². The highest BCUT2D eigenvalue weighted by atomic mass is 16.5. The molecule has 24 heavy (non-hydrogen) atoms. The second-order valence-corrected chi connectivity index (χ2v) is 5.23. The van der Waals surface area contributed by atoms with Gasteiger partial charge in [-0.05, 0) is 48.3 Å². The van der Waals surface area contributed by atoms with Crippen LogP contribution in [0.15, 0.2) is 41.3 Å². The summed E-state index contributed by atoms with van der Waals surface area (Å²) in [7, 11) is 1.77. The molecule has 0 aliphatic heterocycles. The number of nitrogens with zero attached hydrogens (tertiary/aromatic N) is 5. The molecule has 0 aromatic carbocycles. The van der Waals surface area contributed by atoms with Crippen molar-refractivity contribution >= 4 is 23.7 Å². The zero-order chi connectivity index (χ0) is 17.1. The number of nitrogens with one attached hydrogen (secondary N) is 1. The van der Waals surface area contributed by atoms with Crippen molar-refractivity contribution in [3.05, 3.63) is 53.5 Å². The smallest absolute Gasteiger partial charge is 0.313 e. The first-order chi connectivity index (χ1) is 11.6. The fourth-order valence-corrected chi connectivity index (χ4v) is 2.12. The maximum absolute atomic E-state index is 12.1. The van der Waals surface area contributed by atoms with Gasteiger partial charge in [0.15, 0.2) is 0 Å². The molecule has 0 saturated heterocycles. The zero-order valence-electron chi connectivity index (χ0n) is 13.5. The van der Waals surface area contributed by atoms with Crippen LogP contribution in [0.3, 0.4) is 0 Å². The Labute approximate surface area is 138 Å². The third kappa shape index (κ3) is 3.07. The number of aryl methyl sites for hydroxylation is 1. The lowest BCUT2D eigenvalue weighted by molar-refractivity contribution is 0.102. The Morgan fingerprint density at radius 3 is 2.83 bits per heavy atom. The van der Waals surface area contributed by atoms with Crippen LogP contribution in [0.2, 0.25) is 0 Å². The predicted octanol–water partition coefficient (Wildman–Crippen LogP) is 2.50. The van der Waals surface area contributed by atoms with Crippen LogP contribution >= 0.6 is 0 Å². The topological polar surface area (TPSA) is 97.0 Å². The molecule has 0 atom stereocenters. The number of carbonyl (C=O) groups is 1. The second kappa shape index (κ2) is 6.45. The van der Waals surface area contributed by atoms with Crippen LogP contribution in [0.25, 0.3) is 0 Å². The number of hydrogen-bond donors (Lipinski definition) is 1. The average Bonchev–Trinajstić information content (AvgIpc) is 3.06. The number of pyridine rings is 2. The van der Waals surface area contributed by atoms with E-state index in [1.807, 2.05) is 19.9 Å². The molecule has 3 aromatic heterocycles. The van der Waals surface area contributed by atoms with Gasteiger partial charge in [0, 0.05) is 25.6 Å². The quantitative estimate of drug-likeness (QED) is 0.787. The molecule has 0 saturated carbocycles. The lowest BCUT2D eigenvalue weighted by atomic mass is 10.1. The molecule has 3 heterocycles. The van der Waals surface area contributed by atoms with Crippen molar-refractivity contribution in [2.75, 3.05) is 17.3 Å². The summed E-state index contributed by atoms with van der Waals surface area (Å²) in [6.45, 7) is 3.97. The monoisotopic (exact) mass is 324 g/mol. The molecule has 3 rings (SSSR count). The summed E-state index contributed by atoms with van der Waals surface area (Å²) in [5.74, 6) is 0.433. The van der Waals surface area contributed by atoms with E-state index in [0.29, 0.717) is 11.4 Å². The molecule has 1 N–H and O–H groups in total. The number of rotatable bonds is 4. The van der Waals surface area contributed by atoms with Gasteiger partial charge in [0.2, 0.25) is 0 Å². The Kier molecular flexibility index (Phi) is 4.19. The van der Waals surface area contributed by atoms with Crippen LogP contribution in [0.5, 0.6) is 0 Å². The summed E-state index contributed by atoms with van der Waals surface area (Å²) in [6.07, 6.45) is 4.77. The van der Waals surface area contributed by atoms with Gasteiger partial charge in [0.1, 0.15) is 5.82 Å². The third-order valence-electron chi connectivity index (χ3n) is 3.62. The van der Waals surface area contributed by atoms with Crippen LogP contribution in [0.1, 0.15) is 21.5 Å². The summed E-state index contributed by atoms with van der Waals surface area (Å²) in [4.78, 5) is 26.2. The van der Waals surface area contributed by atoms with Crippen LogP contribution in [-0.2, 0) is 0 Å². The van der Waals surface area contributed by atoms with Gasteiger partial charge >= 0.3 is 6.01 Å². The first-order valence-electron chi connectivity index (χ1n) is 7.27. The molecule has 8 heteroatoms. The van der Waals surface area contributed by atoms with E-state index in [2.05, 4.69) is 25.4 Å². The molecule has 0 aliphatic rings. The number of aromatic nitrogens is 4.